The van der Waals surface area contributed by atoms with E-state index in [0.717, 1.165) is 34.6 Å². The van der Waals surface area contributed by atoms with Gasteiger partial charge in [0.2, 0.25) is 0 Å². The van der Waals surface area contributed by atoms with E-state index in [1.54, 1.807) is 12.5 Å². The van der Waals surface area contributed by atoms with Crippen LogP contribution in [0, 0.1) is 0 Å². The van der Waals surface area contributed by atoms with E-state index in [1.807, 2.05) is 18.3 Å². The number of aromatic nitrogens is 3. The fourth-order valence-corrected chi connectivity index (χ4v) is 2.03. The number of hydrogen-bond acceptors (Lipinski definition) is 5. The van der Waals surface area contributed by atoms with Crippen LogP contribution >= 0.6 is 15.9 Å². The summed E-state index contributed by atoms with van der Waals surface area (Å²) >= 11 is 3.52. The van der Waals surface area contributed by atoms with Crippen molar-refractivity contribution in [1.29, 1.82) is 0 Å². The third kappa shape index (κ3) is 3.89. The maximum Gasteiger partial charge on any atom is 0.146 e. The molecule has 0 fully saturated rings. The molecule has 2 heterocycles. The Hall–Kier alpha value is -1.69. The van der Waals surface area contributed by atoms with Crippen LogP contribution in [0.2, 0.25) is 0 Å². The first-order chi connectivity index (χ1) is 9.31. The fourth-order valence-electron chi connectivity index (χ4n) is 1.55. The van der Waals surface area contributed by atoms with Crippen LogP contribution in [0.5, 0.6) is 0 Å². The molecule has 0 amide bonds. The standard InChI is InChI=1S/C13H16BrN5/c1-2-5-16-12-11(14)13(19-9-18-12)17-8-10-4-3-6-15-7-10/h3-4,6-7,9H,2,5,8H2,1H3,(H2,16,17,18,19). The number of nitrogens with one attached hydrogen (secondary N) is 2. The van der Waals surface area contributed by atoms with Crippen LogP contribution in [0.3, 0.4) is 0 Å². The Bertz CT molecular complexity index is 518. The van der Waals surface area contributed by atoms with Crippen LogP contribution in [0.1, 0.15) is 18.9 Å². The Morgan fingerprint density at radius 3 is 2.68 bits per heavy atom. The Kier molecular flexibility index (Phi) is 5.09. The summed E-state index contributed by atoms with van der Waals surface area (Å²) in [5.74, 6) is 1.59. The molecule has 19 heavy (non-hydrogen) atoms. The smallest absolute Gasteiger partial charge is 0.146 e. The minimum atomic E-state index is 0.677. The molecule has 2 aromatic rings. The summed E-state index contributed by atoms with van der Waals surface area (Å²) in [7, 11) is 0. The molecule has 2 aromatic heterocycles. The molecule has 0 unspecified atom stereocenters. The van der Waals surface area contributed by atoms with Crippen molar-refractivity contribution >= 4 is 27.6 Å². The minimum Gasteiger partial charge on any atom is -0.369 e. The summed E-state index contributed by atoms with van der Waals surface area (Å²) in [4.78, 5) is 12.5. The van der Waals surface area contributed by atoms with Gasteiger partial charge < -0.3 is 10.6 Å². The first-order valence-electron chi connectivity index (χ1n) is 6.18. The Balaban J connectivity index is 2.04. The lowest BCUT2D eigenvalue weighted by Crippen LogP contribution is -2.07. The number of hydrogen-bond donors (Lipinski definition) is 2. The maximum absolute atomic E-state index is 4.23. The van der Waals surface area contributed by atoms with Crippen molar-refractivity contribution in [2.75, 3.05) is 17.2 Å². The predicted molar refractivity (Wildman–Crippen MR) is 80.1 cm³/mol. The Morgan fingerprint density at radius 1 is 1.21 bits per heavy atom. The van der Waals surface area contributed by atoms with E-state index in [-0.39, 0.29) is 0 Å². The molecule has 2 rings (SSSR count). The molecule has 0 atom stereocenters. The van der Waals surface area contributed by atoms with E-state index in [2.05, 4.69) is 48.4 Å². The van der Waals surface area contributed by atoms with Crippen molar-refractivity contribution in [2.45, 2.75) is 19.9 Å². The largest absolute Gasteiger partial charge is 0.369 e. The SMILES string of the molecule is CCCNc1ncnc(NCc2cccnc2)c1Br. The third-order valence-electron chi connectivity index (χ3n) is 2.51. The normalized spacial score (nSPS) is 10.2. The summed E-state index contributed by atoms with van der Waals surface area (Å²) < 4.78 is 0.854. The quantitative estimate of drug-likeness (QED) is 0.856. The van der Waals surface area contributed by atoms with Gasteiger partial charge in [0.1, 0.15) is 22.4 Å². The first-order valence-corrected chi connectivity index (χ1v) is 6.97. The van der Waals surface area contributed by atoms with Crippen molar-refractivity contribution in [1.82, 2.24) is 15.0 Å². The molecule has 2 N–H and O–H groups in total. The second kappa shape index (κ2) is 7.04. The summed E-state index contributed by atoms with van der Waals surface area (Å²) in [6, 6.07) is 3.94. The number of halogens is 1. The molecule has 6 heteroatoms. The lowest BCUT2D eigenvalue weighted by atomic mass is 10.3. The molecule has 0 bridgehead atoms. The van der Waals surface area contributed by atoms with Gasteiger partial charge >= 0.3 is 0 Å². The zero-order valence-electron chi connectivity index (χ0n) is 10.7. The number of nitrogens with zero attached hydrogens (tertiary/aromatic N) is 3. The van der Waals surface area contributed by atoms with Crippen molar-refractivity contribution in [2.24, 2.45) is 0 Å². The molecule has 0 spiro atoms. The van der Waals surface area contributed by atoms with E-state index >= 15 is 0 Å². The highest BCUT2D eigenvalue weighted by molar-refractivity contribution is 9.10. The highest BCUT2D eigenvalue weighted by Gasteiger charge is 2.07. The van der Waals surface area contributed by atoms with Gasteiger partial charge in [-0.15, -0.1) is 0 Å². The van der Waals surface area contributed by atoms with Crippen LogP contribution in [-0.2, 0) is 6.54 Å². The van der Waals surface area contributed by atoms with Crippen LogP contribution < -0.4 is 10.6 Å². The summed E-state index contributed by atoms with van der Waals surface area (Å²) in [5.41, 5.74) is 1.11. The topological polar surface area (TPSA) is 62.7 Å². The lowest BCUT2D eigenvalue weighted by Gasteiger charge is -2.11. The van der Waals surface area contributed by atoms with Crippen LogP contribution in [-0.4, -0.2) is 21.5 Å². The molecular weight excluding hydrogens is 306 g/mol. The highest BCUT2D eigenvalue weighted by atomic mass is 79.9. The zero-order chi connectivity index (χ0) is 13.5. The molecule has 0 aromatic carbocycles. The molecule has 0 saturated carbocycles. The van der Waals surface area contributed by atoms with Gasteiger partial charge in [0, 0.05) is 25.5 Å². The molecule has 5 nitrogen and oxygen atoms in total. The van der Waals surface area contributed by atoms with Crippen molar-refractivity contribution in [3.05, 3.63) is 40.9 Å². The summed E-state index contributed by atoms with van der Waals surface area (Å²) in [6.07, 6.45) is 6.19. The number of rotatable bonds is 6. The second-order valence-electron chi connectivity index (χ2n) is 4.03. The van der Waals surface area contributed by atoms with Crippen molar-refractivity contribution < 1.29 is 0 Å². The van der Waals surface area contributed by atoms with E-state index < -0.39 is 0 Å². The molecule has 0 radical (unpaired) electrons. The van der Waals surface area contributed by atoms with E-state index in [4.69, 9.17) is 0 Å². The zero-order valence-corrected chi connectivity index (χ0v) is 12.3. The average Bonchev–Trinajstić information content (AvgIpc) is 2.46. The Morgan fingerprint density at radius 2 is 2.00 bits per heavy atom. The predicted octanol–water partition coefficient (Wildman–Crippen LogP) is 3.07. The van der Waals surface area contributed by atoms with Gasteiger partial charge in [0.05, 0.1) is 0 Å². The van der Waals surface area contributed by atoms with E-state index in [9.17, 15) is 0 Å². The van der Waals surface area contributed by atoms with Crippen molar-refractivity contribution in [3.63, 3.8) is 0 Å². The van der Waals surface area contributed by atoms with Gasteiger partial charge in [0.25, 0.3) is 0 Å². The van der Waals surface area contributed by atoms with Crippen LogP contribution in [0.15, 0.2) is 35.3 Å². The van der Waals surface area contributed by atoms with Crippen LogP contribution in [0.4, 0.5) is 11.6 Å². The lowest BCUT2D eigenvalue weighted by molar-refractivity contribution is 0.960. The van der Waals surface area contributed by atoms with E-state index in [1.165, 1.54) is 0 Å². The Labute approximate surface area is 121 Å². The molecule has 0 saturated heterocycles. The average molecular weight is 322 g/mol. The number of anilines is 2. The van der Waals surface area contributed by atoms with Crippen molar-refractivity contribution in [3.8, 4) is 0 Å². The second-order valence-corrected chi connectivity index (χ2v) is 4.82. The van der Waals surface area contributed by atoms with Crippen LogP contribution in [0.25, 0.3) is 0 Å². The summed E-state index contributed by atoms with van der Waals surface area (Å²) in [5, 5.41) is 6.52. The van der Waals surface area contributed by atoms with E-state index in [0.29, 0.717) is 6.54 Å². The number of pyridine rings is 1. The molecular formula is C13H16BrN5. The fraction of sp³-hybridized carbons (Fsp3) is 0.308. The maximum atomic E-state index is 4.23. The third-order valence-corrected chi connectivity index (χ3v) is 3.27. The van der Waals surface area contributed by atoms with Gasteiger partial charge in [-0.05, 0) is 34.0 Å². The molecule has 0 aliphatic carbocycles. The van der Waals surface area contributed by atoms with Gasteiger partial charge in [-0.3, -0.25) is 4.98 Å². The molecule has 100 valence electrons. The van der Waals surface area contributed by atoms with Gasteiger partial charge in [0.15, 0.2) is 0 Å². The minimum absolute atomic E-state index is 0.677. The first kappa shape index (κ1) is 13.7. The van der Waals surface area contributed by atoms with Gasteiger partial charge in [-0.2, -0.15) is 0 Å². The highest BCUT2D eigenvalue weighted by Crippen LogP contribution is 2.26. The molecule has 0 aliphatic rings. The summed E-state index contributed by atoms with van der Waals surface area (Å²) in [6.45, 7) is 3.68. The van der Waals surface area contributed by atoms with Gasteiger partial charge in [-0.1, -0.05) is 13.0 Å². The molecule has 0 aliphatic heterocycles. The monoisotopic (exact) mass is 321 g/mol. The van der Waals surface area contributed by atoms with Gasteiger partial charge in [-0.25, -0.2) is 9.97 Å².